The van der Waals surface area contributed by atoms with Crippen LogP contribution in [0.1, 0.15) is 17.5 Å². The van der Waals surface area contributed by atoms with Gasteiger partial charge in [0.1, 0.15) is 0 Å². The Hall–Kier alpha value is -1.46. The lowest BCUT2D eigenvalue weighted by Crippen LogP contribution is -1.82. The number of H-pyrrole nitrogens is 1. The molecule has 1 heterocycles. The molecule has 0 radical (unpaired) electrons. The fourth-order valence-electron chi connectivity index (χ4n) is 1.77. The second-order valence-corrected chi connectivity index (χ2v) is 3.97. The molecule has 15 heavy (non-hydrogen) atoms. The molecule has 0 aliphatic heterocycles. The van der Waals surface area contributed by atoms with Crippen LogP contribution in [0.2, 0.25) is 5.02 Å². The summed E-state index contributed by atoms with van der Waals surface area (Å²) in [6.45, 7) is 2.00. The number of nitrogens with one attached hydrogen (secondary N) is 1. The number of halogens is 1. The Kier molecular flexibility index (Phi) is 2.66. The smallest absolute Gasteiger partial charge is 0.0625 e. The standard InChI is InChI=1S/C12H11ClN2/c1-8-11(13)5-4-10-9(3-2-6-14)7-15-12(8)10/h4-5,7,15H,2-3H2,1H3. The number of benzene rings is 1. The highest BCUT2D eigenvalue weighted by atomic mass is 35.5. The van der Waals surface area contributed by atoms with E-state index in [0.29, 0.717) is 6.42 Å². The van der Waals surface area contributed by atoms with Gasteiger partial charge >= 0.3 is 0 Å². The third kappa shape index (κ3) is 1.71. The van der Waals surface area contributed by atoms with Crippen molar-refractivity contribution in [3.8, 4) is 6.07 Å². The molecular weight excluding hydrogens is 208 g/mol. The first-order valence-electron chi connectivity index (χ1n) is 4.86. The number of aromatic nitrogens is 1. The van der Waals surface area contributed by atoms with Gasteiger partial charge in [-0.3, -0.25) is 0 Å². The van der Waals surface area contributed by atoms with E-state index in [4.69, 9.17) is 16.9 Å². The lowest BCUT2D eigenvalue weighted by atomic mass is 10.1. The van der Waals surface area contributed by atoms with Crippen LogP contribution in [-0.4, -0.2) is 4.98 Å². The Balaban J connectivity index is 2.53. The minimum atomic E-state index is 0.550. The number of rotatable bonds is 2. The summed E-state index contributed by atoms with van der Waals surface area (Å²) in [6.07, 6.45) is 3.30. The molecule has 0 spiro atoms. The monoisotopic (exact) mass is 218 g/mol. The van der Waals surface area contributed by atoms with Crippen molar-refractivity contribution in [1.29, 1.82) is 5.26 Å². The van der Waals surface area contributed by atoms with Gasteiger partial charge in [-0.2, -0.15) is 5.26 Å². The minimum Gasteiger partial charge on any atom is -0.361 e. The predicted octanol–water partition coefficient (Wildman–Crippen LogP) is 3.59. The summed E-state index contributed by atoms with van der Waals surface area (Å²) in [6, 6.07) is 6.07. The number of nitriles is 1. The Morgan fingerprint density at radius 1 is 1.47 bits per heavy atom. The van der Waals surface area contributed by atoms with Gasteiger partial charge in [-0.1, -0.05) is 17.7 Å². The Bertz CT molecular complexity index is 534. The molecule has 2 rings (SSSR count). The van der Waals surface area contributed by atoms with Gasteiger partial charge in [0, 0.05) is 23.0 Å². The van der Waals surface area contributed by atoms with E-state index in [9.17, 15) is 0 Å². The quantitative estimate of drug-likeness (QED) is 0.822. The van der Waals surface area contributed by atoms with Gasteiger partial charge in [0.15, 0.2) is 0 Å². The maximum Gasteiger partial charge on any atom is 0.0625 e. The van der Waals surface area contributed by atoms with Crippen LogP contribution < -0.4 is 0 Å². The second kappa shape index (κ2) is 3.96. The Labute approximate surface area is 93.5 Å². The average molecular weight is 219 g/mol. The molecule has 0 aliphatic carbocycles. The van der Waals surface area contributed by atoms with E-state index in [1.54, 1.807) is 0 Å². The molecule has 1 N–H and O–H groups in total. The van der Waals surface area contributed by atoms with Gasteiger partial charge in [0.05, 0.1) is 11.6 Å². The van der Waals surface area contributed by atoms with Crippen LogP contribution in [0.4, 0.5) is 0 Å². The molecule has 0 aliphatic rings. The van der Waals surface area contributed by atoms with Crippen molar-refractivity contribution in [2.45, 2.75) is 19.8 Å². The van der Waals surface area contributed by atoms with Gasteiger partial charge in [0.25, 0.3) is 0 Å². The third-order valence-corrected chi connectivity index (χ3v) is 3.05. The van der Waals surface area contributed by atoms with E-state index >= 15 is 0 Å². The summed E-state index contributed by atoms with van der Waals surface area (Å²) in [5.74, 6) is 0. The summed E-state index contributed by atoms with van der Waals surface area (Å²) in [5.41, 5.74) is 3.33. The molecule has 0 atom stereocenters. The first-order valence-corrected chi connectivity index (χ1v) is 5.24. The van der Waals surface area contributed by atoms with E-state index in [1.807, 2.05) is 25.3 Å². The van der Waals surface area contributed by atoms with Crippen LogP contribution in [0, 0.1) is 18.3 Å². The number of aromatic amines is 1. The van der Waals surface area contributed by atoms with E-state index < -0.39 is 0 Å². The van der Waals surface area contributed by atoms with Crippen LogP contribution >= 0.6 is 11.6 Å². The molecule has 1 aromatic carbocycles. The highest BCUT2D eigenvalue weighted by Crippen LogP contribution is 2.27. The molecule has 0 amide bonds. The van der Waals surface area contributed by atoms with Gasteiger partial charge in [-0.25, -0.2) is 0 Å². The second-order valence-electron chi connectivity index (χ2n) is 3.57. The molecule has 0 saturated carbocycles. The first kappa shape index (κ1) is 10.1. The number of hydrogen-bond acceptors (Lipinski definition) is 1. The number of aryl methyl sites for hydroxylation is 2. The van der Waals surface area contributed by atoms with Crippen LogP contribution in [0.15, 0.2) is 18.3 Å². The number of nitrogens with zero attached hydrogens (tertiary/aromatic N) is 1. The fraction of sp³-hybridized carbons (Fsp3) is 0.250. The van der Waals surface area contributed by atoms with Crippen molar-refractivity contribution >= 4 is 22.5 Å². The fourth-order valence-corrected chi connectivity index (χ4v) is 1.93. The topological polar surface area (TPSA) is 39.6 Å². The molecule has 1 aromatic heterocycles. The van der Waals surface area contributed by atoms with Crippen molar-refractivity contribution < 1.29 is 0 Å². The van der Waals surface area contributed by atoms with Crippen molar-refractivity contribution in [1.82, 2.24) is 4.98 Å². The van der Waals surface area contributed by atoms with Gasteiger partial charge in [-0.15, -0.1) is 0 Å². The maximum atomic E-state index is 8.55. The van der Waals surface area contributed by atoms with Gasteiger partial charge in [-0.05, 0) is 30.5 Å². The highest BCUT2D eigenvalue weighted by Gasteiger charge is 2.07. The molecule has 0 unspecified atom stereocenters. The van der Waals surface area contributed by atoms with Gasteiger partial charge in [0.2, 0.25) is 0 Å². The van der Waals surface area contributed by atoms with Crippen LogP contribution in [0.3, 0.4) is 0 Å². The van der Waals surface area contributed by atoms with Crippen molar-refractivity contribution in [2.75, 3.05) is 0 Å². The molecule has 0 fully saturated rings. The normalized spacial score (nSPS) is 10.5. The molecule has 2 nitrogen and oxygen atoms in total. The number of hydrogen-bond donors (Lipinski definition) is 1. The number of fused-ring (bicyclic) bond motifs is 1. The van der Waals surface area contributed by atoms with Crippen LogP contribution in [0.25, 0.3) is 10.9 Å². The molecule has 76 valence electrons. The zero-order chi connectivity index (χ0) is 10.8. The maximum absolute atomic E-state index is 8.55. The highest BCUT2D eigenvalue weighted by molar-refractivity contribution is 6.32. The zero-order valence-electron chi connectivity index (χ0n) is 8.47. The first-order chi connectivity index (χ1) is 7.24. The van der Waals surface area contributed by atoms with E-state index in [1.165, 1.54) is 10.9 Å². The minimum absolute atomic E-state index is 0.550. The van der Waals surface area contributed by atoms with E-state index in [0.717, 1.165) is 22.5 Å². The molecule has 3 heteroatoms. The lowest BCUT2D eigenvalue weighted by molar-refractivity contribution is 1.02. The molecule has 2 aromatic rings. The Morgan fingerprint density at radius 2 is 2.27 bits per heavy atom. The van der Waals surface area contributed by atoms with Crippen molar-refractivity contribution in [3.63, 3.8) is 0 Å². The molecule has 0 bridgehead atoms. The summed E-state index contributed by atoms with van der Waals surface area (Å²) in [4.78, 5) is 3.21. The molecular formula is C12H11ClN2. The van der Waals surface area contributed by atoms with E-state index in [2.05, 4.69) is 11.1 Å². The van der Waals surface area contributed by atoms with Crippen molar-refractivity contribution in [3.05, 3.63) is 34.5 Å². The van der Waals surface area contributed by atoms with E-state index in [-0.39, 0.29) is 0 Å². The predicted molar refractivity (Wildman–Crippen MR) is 62.0 cm³/mol. The third-order valence-electron chi connectivity index (χ3n) is 2.64. The summed E-state index contributed by atoms with van der Waals surface area (Å²) in [5, 5.41) is 10.5. The Morgan fingerprint density at radius 3 is 3.00 bits per heavy atom. The summed E-state index contributed by atoms with van der Waals surface area (Å²) in [7, 11) is 0. The lowest BCUT2D eigenvalue weighted by Gasteiger charge is -2.00. The van der Waals surface area contributed by atoms with Gasteiger partial charge < -0.3 is 4.98 Å². The van der Waals surface area contributed by atoms with Crippen LogP contribution in [-0.2, 0) is 6.42 Å². The molecule has 0 saturated heterocycles. The zero-order valence-corrected chi connectivity index (χ0v) is 9.23. The summed E-state index contributed by atoms with van der Waals surface area (Å²) >= 11 is 6.03. The summed E-state index contributed by atoms with van der Waals surface area (Å²) < 4.78 is 0. The average Bonchev–Trinajstić information content (AvgIpc) is 2.64. The largest absolute Gasteiger partial charge is 0.361 e. The van der Waals surface area contributed by atoms with Crippen molar-refractivity contribution in [2.24, 2.45) is 0 Å². The SMILES string of the molecule is Cc1c(Cl)ccc2c(CCC#N)c[nH]c12. The van der Waals surface area contributed by atoms with Crippen LogP contribution in [0.5, 0.6) is 0 Å².